The molecule has 0 aliphatic heterocycles. The average Bonchev–Trinajstić information content (AvgIpc) is 3.78. The van der Waals surface area contributed by atoms with Crippen LogP contribution in [0.2, 0.25) is 5.02 Å². The second-order valence-corrected chi connectivity index (χ2v) is 10.6. The highest BCUT2D eigenvalue weighted by Gasteiger charge is 2.57. The van der Waals surface area contributed by atoms with Crippen molar-refractivity contribution in [3.63, 3.8) is 0 Å². The molecular formula is C22H26ClN7O3S. The summed E-state index contributed by atoms with van der Waals surface area (Å²) in [7, 11) is 1.55. The van der Waals surface area contributed by atoms with Gasteiger partial charge < -0.3 is 9.47 Å². The fraction of sp³-hybridized carbons (Fsp3) is 0.500. The molecule has 2 aliphatic carbocycles. The lowest BCUT2D eigenvalue weighted by atomic mass is 10.1. The summed E-state index contributed by atoms with van der Waals surface area (Å²) >= 11 is 5.91. The van der Waals surface area contributed by atoms with E-state index < -0.39 is 22.3 Å². The van der Waals surface area contributed by atoms with Gasteiger partial charge in [0.25, 0.3) is 0 Å². The zero-order valence-corrected chi connectivity index (χ0v) is 20.7. The van der Waals surface area contributed by atoms with Crippen molar-refractivity contribution in [3.05, 3.63) is 41.4 Å². The third kappa shape index (κ3) is 4.27. The van der Waals surface area contributed by atoms with E-state index in [1.54, 1.807) is 13.2 Å². The molecule has 3 heterocycles. The minimum Gasteiger partial charge on any atom is -0.481 e. The summed E-state index contributed by atoms with van der Waals surface area (Å²) in [5.41, 5.74) is 0.592. The van der Waals surface area contributed by atoms with Crippen molar-refractivity contribution in [1.29, 1.82) is 0 Å². The fourth-order valence-electron chi connectivity index (χ4n) is 4.43. The Hall–Kier alpha value is -2.63. The molecule has 0 saturated heterocycles. The van der Waals surface area contributed by atoms with Gasteiger partial charge in [-0.25, -0.2) is 19.2 Å². The van der Waals surface area contributed by atoms with Crippen molar-refractivity contribution in [3.8, 4) is 17.4 Å². The van der Waals surface area contributed by atoms with Gasteiger partial charge in [0.05, 0.1) is 22.9 Å². The van der Waals surface area contributed by atoms with Crippen LogP contribution in [0.25, 0.3) is 11.5 Å². The van der Waals surface area contributed by atoms with Gasteiger partial charge in [-0.05, 0) is 44.6 Å². The van der Waals surface area contributed by atoms with E-state index in [4.69, 9.17) is 21.1 Å². The van der Waals surface area contributed by atoms with Crippen LogP contribution in [0.4, 0.5) is 5.95 Å². The van der Waals surface area contributed by atoms with E-state index in [0.29, 0.717) is 40.1 Å². The maximum Gasteiger partial charge on any atom is 0.237 e. The maximum atomic E-state index is 13.4. The molecule has 3 atom stereocenters. The normalized spacial score (nSPS) is 19.3. The number of nitrogens with zero attached hydrogens (tertiary/aromatic N) is 6. The topological polar surface area (TPSA) is 117 Å². The number of hydrogen-bond acceptors (Lipinski definition) is 8. The minimum atomic E-state index is -1.57. The summed E-state index contributed by atoms with van der Waals surface area (Å²) in [5.74, 6) is 2.57. The summed E-state index contributed by atoms with van der Waals surface area (Å²) in [6.07, 6.45) is 6.79. The Balaban J connectivity index is 1.46. The van der Waals surface area contributed by atoms with Crippen LogP contribution in [0.1, 0.15) is 44.5 Å². The van der Waals surface area contributed by atoms with Gasteiger partial charge in [-0.1, -0.05) is 17.7 Å². The first-order chi connectivity index (χ1) is 16.5. The molecule has 34 heavy (non-hydrogen) atoms. The molecule has 2 saturated carbocycles. The molecule has 3 aromatic rings. The van der Waals surface area contributed by atoms with Gasteiger partial charge in [0.1, 0.15) is 22.8 Å². The van der Waals surface area contributed by atoms with E-state index in [9.17, 15) is 4.21 Å². The number of anilines is 1. The third-order valence-electron chi connectivity index (χ3n) is 6.47. The summed E-state index contributed by atoms with van der Waals surface area (Å²) in [6, 6.07) is 5.55. The molecule has 180 valence electrons. The number of halogens is 1. The zero-order valence-electron chi connectivity index (χ0n) is 19.1. The lowest BCUT2D eigenvalue weighted by Crippen LogP contribution is -2.30. The van der Waals surface area contributed by atoms with Crippen LogP contribution in [-0.4, -0.2) is 53.4 Å². The lowest BCUT2D eigenvalue weighted by Gasteiger charge is -2.24. The molecule has 0 radical (unpaired) electrons. The fourth-order valence-corrected chi connectivity index (χ4v) is 5.48. The van der Waals surface area contributed by atoms with E-state index in [2.05, 4.69) is 34.4 Å². The van der Waals surface area contributed by atoms with Crippen LogP contribution < -0.4 is 9.46 Å². The van der Waals surface area contributed by atoms with Crippen LogP contribution >= 0.6 is 11.6 Å². The second-order valence-electron chi connectivity index (χ2n) is 8.65. The molecule has 1 N–H and O–H groups in total. The minimum absolute atomic E-state index is 0.0701. The smallest absolute Gasteiger partial charge is 0.237 e. The predicted octanol–water partition coefficient (Wildman–Crippen LogP) is 3.54. The summed E-state index contributed by atoms with van der Waals surface area (Å²) < 4.78 is 29.5. The van der Waals surface area contributed by atoms with Crippen molar-refractivity contribution in [2.24, 2.45) is 5.92 Å². The van der Waals surface area contributed by atoms with Crippen LogP contribution in [0.3, 0.4) is 0 Å². The van der Waals surface area contributed by atoms with E-state index in [-0.39, 0.29) is 5.54 Å². The average molecular weight is 504 g/mol. The molecule has 3 unspecified atom stereocenters. The molecule has 2 fully saturated rings. The van der Waals surface area contributed by atoms with Crippen LogP contribution in [-0.2, 0) is 21.3 Å². The van der Waals surface area contributed by atoms with Crippen molar-refractivity contribution in [2.45, 2.75) is 49.5 Å². The second kappa shape index (κ2) is 9.20. The Morgan fingerprint density at radius 1 is 1.21 bits per heavy atom. The molecular weight excluding hydrogens is 478 g/mol. The predicted molar refractivity (Wildman–Crippen MR) is 128 cm³/mol. The maximum absolute atomic E-state index is 13.4. The molecule has 0 amide bonds. The van der Waals surface area contributed by atoms with Gasteiger partial charge in [0.2, 0.25) is 11.8 Å². The van der Waals surface area contributed by atoms with E-state index in [1.807, 2.05) is 19.1 Å². The first kappa shape index (κ1) is 23.1. The highest BCUT2D eigenvalue weighted by Crippen LogP contribution is 2.61. The van der Waals surface area contributed by atoms with Crippen LogP contribution in [0.5, 0.6) is 5.88 Å². The Labute approximate surface area is 205 Å². The van der Waals surface area contributed by atoms with E-state index in [1.165, 1.54) is 32.3 Å². The zero-order chi connectivity index (χ0) is 23.9. The highest BCUT2D eigenvalue weighted by molar-refractivity contribution is 7.87. The summed E-state index contributed by atoms with van der Waals surface area (Å²) in [4.78, 5) is 13.0. The van der Waals surface area contributed by atoms with Gasteiger partial charge in [-0.3, -0.25) is 9.29 Å². The molecule has 10 nitrogen and oxygen atoms in total. The largest absolute Gasteiger partial charge is 0.481 e. The molecule has 5 rings (SSSR count). The molecule has 3 aromatic heterocycles. The number of ether oxygens (including phenoxy) is 2. The highest BCUT2D eigenvalue weighted by atomic mass is 35.5. The van der Waals surface area contributed by atoms with Crippen LogP contribution in [0.15, 0.2) is 30.6 Å². The Morgan fingerprint density at radius 2 is 1.94 bits per heavy atom. The number of rotatable bonds is 10. The third-order valence-corrected chi connectivity index (χ3v) is 7.98. The van der Waals surface area contributed by atoms with Crippen molar-refractivity contribution < 1.29 is 13.7 Å². The Kier molecular flexibility index (Phi) is 6.26. The number of pyridine rings is 1. The standard InChI is InChI=1S/C22H26ClN7O3S/c1-13(18(33-3)19-24-11-15(23)12-25-19)34(31)29-21-28-27-20(16-5-4-6-17(26-16)32-2)30(21)22(9-10-22)14-7-8-14/h4-6,11-14,18H,7-10H2,1-3H3,(H,28,29). The quantitative estimate of drug-likeness (QED) is 0.446. The van der Waals surface area contributed by atoms with Gasteiger partial charge >= 0.3 is 0 Å². The first-order valence-electron chi connectivity index (χ1n) is 11.1. The van der Waals surface area contributed by atoms with Gasteiger partial charge in [0.15, 0.2) is 11.6 Å². The molecule has 0 bridgehead atoms. The number of nitrogens with one attached hydrogen (secondary N) is 1. The van der Waals surface area contributed by atoms with Crippen molar-refractivity contribution >= 4 is 28.5 Å². The van der Waals surface area contributed by atoms with E-state index in [0.717, 1.165) is 12.8 Å². The number of methoxy groups -OCH3 is 2. The number of hydrogen-bond donors (Lipinski definition) is 1. The van der Waals surface area contributed by atoms with Crippen LogP contribution in [0, 0.1) is 5.92 Å². The molecule has 2 aliphatic rings. The first-order valence-corrected chi connectivity index (χ1v) is 12.7. The Morgan fingerprint density at radius 3 is 2.56 bits per heavy atom. The Bertz CT molecular complexity index is 1200. The van der Waals surface area contributed by atoms with E-state index >= 15 is 0 Å². The monoisotopic (exact) mass is 503 g/mol. The van der Waals surface area contributed by atoms with Gasteiger partial charge in [-0.2, -0.15) is 0 Å². The lowest BCUT2D eigenvalue weighted by molar-refractivity contribution is 0.0961. The van der Waals surface area contributed by atoms with Crippen molar-refractivity contribution in [2.75, 3.05) is 18.9 Å². The number of aromatic nitrogens is 6. The SMILES string of the molecule is COc1cccc(-c2nnc(NS(=O)C(C)C(OC)c3ncc(Cl)cn3)n2C2(C3CC3)CC2)n1. The molecule has 0 spiro atoms. The summed E-state index contributed by atoms with van der Waals surface area (Å²) in [5, 5.41) is 8.79. The van der Waals surface area contributed by atoms with Gasteiger partial charge in [0, 0.05) is 25.6 Å². The summed E-state index contributed by atoms with van der Waals surface area (Å²) in [6.45, 7) is 1.81. The molecule has 12 heteroatoms. The van der Waals surface area contributed by atoms with Crippen molar-refractivity contribution in [1.82, 2.24) is 29.7 Å². The van der Waals surface area contributed by atoms with Gasteiger partial charge in [-0.15, -0.1) is 10.2 Å². The molecule has 0 aromatic carbocycles.